The molecular formula is C23H21ClF3N3OS. The lowest BCUT2D eigenvalue weighted by molar-refractivity contribution is -0.137. The van der Waals surface area contributed by atoms with Crippen LogP contribution < -0.4 is 10.1 Å². The second-order valence-electron chi connectivity index (χ2n) is 6.75. The van der Waals surface area contributed by atoms with Crippen molar-refractivity contribution in [3.63, 3.8) is 0 Å². The standard InChI is InChI=1S/C19H18F3NOS.C4H3ClN2/c1-12-18(13-3-5-14(6-4-13)19(20,21)22)16-8-7-15(11-17(16)25-12)24-10-9-23-2;5-4-1-2-6-3-7-4/h3-8,11,23H,9-10H2,1-2H3;1-3H. The molecule has 2 heterocycles. The van der Waals surface area contributed by atoms with Crippen molar-refractivity contribution in [3.05, 3.63) is 76.6 Å². The number of aromatic nitrogens is 2. The second-order valence-corrected chi connectivity index (χ2v) is 8.39. The Bertz CT molecular complexity index is 1150. The number of rotatable bonds is 5. The van der Waals surface area contributed by atoms with Crippen molar-refractivity contribution in [1.82, 2.24) is 15.3 Å². The average Bonchev–Trinajstić information content (AvgIpc) is 3.09. The van der Waals surface area contributed by atoms with Crippen molar-refractivity contribution >= 4 is 33.0 Å². The Hall–Kier alpha value is -2.68. The van der Waals surface area contributed by atoms with E-state index in [0.717, 1.165) is 50.5 Å². The summed E-state index contributed by atoms with van der Waals surface area (Å²) in [7, 11) is 1.87. The molecule has 0 amide bonds. The predicted molar refractivity (Wildman–Crippen MR) is 123 cm³/mol. The maximum absolute atomic E-state index is 12.7. The Morgan fingerprint density at radius 2 is 1.84 bits per heavy atom. The molecule has 168 valence electrons. The summed E-state index contributed by atoms with van der Waals surface area (Å²) >= 11 is 7.01. The first kappa shape index (κ1) is 24.0. The van der Waals surface area contributed by atoms with Crippen molar-refractivity contribution in [2.24, 2.45) is 0 Å². The third-order valence-electron chi connectivity index (χ3n) is 4.51. The zero-order valence-electron chi connectivity index (χ0n) is 17.4. The van der Waals surface area contributed by atoms with Gasteiger partial charge in [0.05, 0.1) is 5.56 Å². The highest BCUT2D eigenvalue weighted by atomic mass is 35.5. The van der Waals surface area contributed by atoms with Gasteiger partial charge < -0.3 is 10.1 Å². The van der Waals surface area contributed by atoms with E-state index in [1.165, 1.54) is 18.5 Å². The number of hydrogen-bond acceptors (Lipinski definition) is 5. The number of ether oxygens (including phenoxy) is 1. The lowest BCUT2D eigenvalue weighted by atomic mass is 10.0. The van der Waals surface area contributed by atoms with Crippen LogP contribution in [-0.2, 0) is 6.18 Å². The average molecular weight is 480 g/mol. The van der Waals surface area contributed by atoms with Crippen molar-refractivity contribution in [3.8, 4) is 16.9 Å². The number of likely N-dealkylation sites (N-methyl/N-ethyl adjacent to an activating group) is 1. The largest absolute Gasteiger partial charge is 0.492 e. The van der Waals surface area contributed by atoms with E-state index in [1.54, 1.807) is 23.6 Å². The zero-order valence-corrected chi connectivity index (χ0v) is 19.0. The molecule has 4 aromatic rings. The molecule has 4 nitrogen and oxygen atoms in total. The molecule has 0 unspecified atom stereocenters. The number of nitrogens with one attached hydrogen (secondary N) is 1. The molecule has 0 bridgehead atoms. The number of fused-ring (bicyclic) bond motifs is 1. The first-order valence-corrected chi connectivity index (χ1v) is 10.9. The van der Waals surface area contributed by atoms with E-state index < -0.39 is 11.7 Å². The van der Waals surface area contributed by atoms with Crippen LogP contribution in [0.4, 0.5) is 13.2 Å². The monoisotopic (exact) mass is 479 g/mol. The van der Waals surface area contributed by atoms with Crippen LogP contribution in [0.5, 0.6) is 5.75 Å². The van der Waals surface area contributed by atoms with Crippen molar-refractivity contribution in [2.45, 2.75) is 13.1 Å². The first-order chi connectivity index (χ1) is 15.3. The van der Waals surface area contributed by atoms with E-state index in [-0.39, 0.29) is 0 Å². The summed E-state index contributed by atoms with van der Waals surface area (Å²) in [6.45, 7) is 3.33. The molecule has 0 saturated carbocycles. The van der Waals surface area contributed by atoms with E-state index in [1.807, 2.05) is 32.2 Å². The van der Waals surface area contributed by atoms with Gasteiger partial charge in [0, 0.05) is 33.3 Å². The number of aryl methyl sites for hydroxylation is 1. The van der Waals surface area contributed by atoms with Gasteiger partial charge in [0.25, 0.3) is 0 Å². The van der Waals surface area contributed by atoms with Gasteiger partial charge in [-0.3, -0.25) is 0 Å². The van der Waals surface area contributed by atoms with Gasteiger partial charge in [-0.2, -0.15) is 13.2 Å². The molecule has 0 aliphatic heterocycles. The fraction of sp³-hybridized carbons (Fsp3) is 0.217. The highest BCUT2D eigenvalue weighted by Crippen LogP contribution is 2.40. The molecule has 9 heteroatoms. The number of hydrogen-bond donors (Lipinski definition) is 1. The number of alkyl halides is 3. The summed E-state index contributed by atoms with van der Waals surface area (Å²) in [6.07, 6.45) is -1.32. The van der Waals surface area contributed by atoms with Crippen LogP contribution in [0.1, 0.15) is 10.4 Å². The van der Waals surface area contributed by atoms with Gasteiger partial charge >= 0.3 is 6.18 Å². The Labute approximate surface area is 193 Å². The molecule has 0 atom stereocenters. The van der Waals surface area contributed by atoms with Gasteiger partial charge in [-0.15, -0.1) is 11.3 Å². The number of nitrogens with zero attached hydrogens (tertiary/aromatic N) is 2. The number of benzene rings is 2. The predicted octanol–water partition coefficient (Wildman–Crippen LogP) is 6.62. The molecule has 0 fully saturated rings. The molecule has 2 aromatic carbocycles. The minimum Gasteiger partial charge on any atom is -0.492 e. The molecule has 0 saturated heterocycles. The van der Waals surface area contributed by atoms with E-state index in [2.05, 4.69) is 15.3 Å². The van der Waals surface area contributed by atoms with Crippen LogP contribution in [0, 0.1) is 6.92 Å². The Morgan fingerprint density at radius 3 is 2.41 bits per heavy atom. The Balaban J connectivity index is 0.000000352. The van der Waals surface area contributed by atoms with E-state index >= 15 is 0 Å². The summed E-state index contributed by atoms with van der Waals surface area (Å²) in [4.78, 5) is 8.35. The second kappa shape index (κ2) is 10.8. The third-order valence-corrected chi connectivity index (χ3v) is 5.80. The van der Waals surface area contributed by atoms with Gasteiger partial charge in [-0.1, -0.05) is 23.7 Å². The van der Waals surface area contributed by atoms with Crippen LogP contribution in [0.25, 0.3) is 21.2 Å². The van der Waals surface area contributed by atoms with Crippen LogP contribution in [0.3, 0.4) is 0 Å². The summed E-state index contributed by atoms with van der Waals surface area (Å²) in [5, 5.41) is 4.53. The summed E-state index contributed by atoms with van der Waals surface area (Å²) in [5.41, 5.74) is 1.14. The van der Waals surface area contributed by atoms with Gasteiger partial charge in [0.2, 0.25) is 0 Å². The third kappa shape index (κ3) is 6.18. The summed E-state index contributed by atoms with van der Waals surface area (Å²) in [6, 6.07) is 12.8. The molecule has 0 spiro atoms. The molecule has 1 N–H and O–H groups in total. The van der Waals surface area contributed by atoms with Crippen LogP contribution in [0.2, 0.25) is 5.15 Å². The number of halogens is 4. The number of thiophene rings is 1. The zero-order chi connectivity index (χ0) is 23.1. The quantitative estimate of drug-likeness (QED) is 0.258. The minimum absolute atomic E-state index is 0.481. The maximum atomic E-state index is 12.7. The van der Waals surface area contributed by atoms with Crippen LogP contribution in [-0.4, -0.2) is 30.2 Å². The van der Waals surface area contributed by atoms with E-state index in [0.29, 0.717) is 11.8 Å². The Kier molecular flexibility index (Phi) is 8.06. The van der Waals surface area contributed by atoms with Gasteiger partial charge in [0.1, 0.15) is 23.8 Å². The normalized spacial score (nSPS) is 11.2. The lowest BCUT2D eigenvalue weighted by Crippen LogP contribution is -2.15. The smallest absolute Gasteiger partial charge is 0.416 e. The molecule has 2 aromatic heterocycles. The highest BCUT2D eigenvalue weighted by molar-refractivity contribution is 7.19. The fourth-order valence-corrected chi connectivity index (χ4v) is 4.23. The van der Waals surface area contributed by atoms with E-state index in [9.17, 15) is 13.2 Å². The SMILES string of the molecule is CNCCOc1ccc2c(-c3ccc(C(F)(F)F)cc3)c(C)sc2c1.Clc1ccncn1. The van der Waals surface area contributed by atoms with Gasteiger partial charge in [-0.25, -0.2) is 9.97 Å². The van der Waals surface area contributed by atoms with Crippen LogP contribution >= 0.6 is 22.9 Å². The van der Waals surface area contributed by atoms with Crippen molar-refractivity contribution < 1.29 is 17.9 Å². The van der Waals surface area contributed by atoms with E-state index in [4.69, 9.17) is 16.3 Å². The molecule has 4 rings (SSSR count). The summed E-state index contributed by atoms with van der Waals surface area (Å²) in [5.74, 6) is 0.794. The minimum atomic E-state index is -4.32. The van der Waals surface area contributed by atoms with Crippen molar-refractivity contribution in [2.75, 3.05) is 20.2 Å². The van der Waals surface area contributed by atoms with Crippen molar-refractivity contribution in [1.29, 1.82) is 0 Å². The van der Waals surface area contributed by atoms with Gasteiger partial charge in [-0.05, 0) is 55.9 Å². The molecule has 0 aliphatic carbocycles. The lowest BCUT2D eigenvalue weighted by Gasteiger charge is -2.08. The fourth-order valence-electron chi connectivity index (χ4n) is 3.02. The van der Waals surface area contributed by atoms with Gasteiger partial charge in [0.15, 0.2) is 0 Å². The molecule has 0 radical (unpaired) electrons. The summed E-state index contributed by atoms with van der Waals surface area (Å²) < 4.78 is 45.0. The topological polar surface area (TPSA) is 47.0 Å². The van der Waals surface area contributed by atoms with Crippen LogP contribution in [0.15, 0.2) is 61.1 Å². The first-order valence-electron chi connectivity index (χ1n) is 9.69. The highest BCUT2D eigenvalue weighted by Gasteiger charge is 2.30. The Morgan fingerprint density at radius 1 is 1.09 bits per heavy atom. The molecular weight excluding hydrogens is 459 g/mol. The maximum Gasteiger partial charge on any atom is 0.416 e. The molecule has 32 heavy (non-hydrogen) atoms. The molecule has 0 aliphatic rings.